The molecule has 98 valence electrons. The monoisotopic (exact) mass is 256 g/mol. The normalized spacial score (nSPS) is 17.8. The molecule has 1 atom stereocenters. The largest absolute Gasteiger partial charge is 0.472 e. The van der Waals surface area contributed by atoms with E-state index >= 15 is 0 Å². The second-order valence-electron chi connectivity index (χ2n) is 4.76. The predicted octanol–water partition coefficient (Wildman–Crippen LogP) is 1.61. The Kier molecular flexibility index (Phi) is 3.33. The van der Waals surface area contributed by atoms with Crippen molar-refractivity contribution in [3.8, 4) is 0 Å². The summed E-state index contributed by atoms with van der Waals surface area (Å²) in [5.74, 6) is 0.0377. The highest BCUT2D eigenvalue weighted by Crippen LogP contribution is 2.16. The number of carbonyl (C=O) groups excluding carboxylic acids is 1. The first-order chi connectivity index (χ1) is 9.33. The maximum atomic E-state index is 12.1. The number of rotatable bonds is 3. The van der Waals surface area contributed by atoms with Crippen molar-refractivity contribution < 1.29 is 9.21 Å². The van der Waals surface area contributed by atoms with Gasteiger partial charge < -0.3 is 15.1 Å². The summed E-state index contributed by atoms with van der Waals surface area (Å²) in [6, 6.07) is 9.93. The maximum Gasteiger partial charge on any atom is 0.237 e. The predicted molar refractivity (Wildman–Crippen MR) is 71.3 cm³/mol. The van der Waals surface area contributed by atoms with E-state index in [0.717, 1.165) is 18.5 Å². The van der Waals surface area contributed by atoms with E-state index in [9.17, 15) is 4.79 Å². The van der Waals surface area contributed by atoms with Crippen molar-refractivity contribution in [3.63, 3.8) is 0 Å². The Bertz CT molecular complexity index is 563. The molecule has 2 N–H and O–H groups in total. The average molecular weight is 256 g/mol. The lowest BCUT2D eigenvalue weighted by Crippen LogP contribution is -2.47. The van der Waals surface area contributed by atoms with E-state index in [1.54, 1.807) is 12.5 Å². The van der Waals surface area contributed by atoms with Gasteiger partial charge in [0.2, 0.25) is 5.91 Å². The summed E-state index contributed by atoms with van der Waals surface area (Å²) in [5, 5.41) is 6.19. The molecule has 4 heteroatoms. The number of furan rings is 1. The first kappa shape index (κ1) is 12.0. The zero-order chi connectivity index (χ0) is 13.1. The van der Waals surface area contributed by atoms with Gasteiger partial charge in [-0.3, -0.25) is 4.79 Å². The van der Waals surface area contributed by atoms with Gasteiger partial charge in [-0.2, -0.15) is 0 Å². The number of nitrogens with one attached hydrogen (secondary N) is 2. The lowest BCUT2D eigenvalue weighted by molar-refractivity contribution is -0.123. The minimum atomic E-state index is -0.151. The molecule has 1 aromatic carbocycles. The smallest absolute Gasteiger partial charge is 0.237 e. The van der Waals surface area contributed by atoms with Crippen LogP contribution in [0, 0.1) is 0 Å². The fraction of sp³-hybridized carbons (Fsp3) is 0.267. The number of benzene rings is 1. The molecule has 1 aromatic heterocycles. The van der Waals surface area contributed by atoms with Crippen LogP contribution in [0.1, 0.15) is 16.7 Å². The average Bonchev–Trinajstić information content (AvgIpc) is 2.97. The quantitative estimate of drug-likeness (QED) is 0.877. The Labute approximate surface area is 111 Å². The van der Waals surface area contributed by atoms with Crippen LogP contribution in [0.15, 0.2) is 47.3 Å². The van der Waals surface area contributed by atoms with E-state index < -0.39 is 0 Å². The van der Waals surface area contributed by atoms with E-state index in [0.29, 0.717) is 6.54 Å². The van der Waals surface area contributed by atoms with Crippen LogP contribution in [0.3, 0.4) is 0 Å². The number of fused-ring (bicyclic) bond motifs is 1. The molecule has 0 spiro atoms. The van der Waals surface area contributed by atoms with Crippen LogP contribution in [0.25, 0.3) is 0 Å². The molecule has 4 nitrogen and oxygen atoms in total. The molecule has 1 aliphatic rings. The zero-order valence-electron chi connectivity index (χ0n) is 10.6. The van der Waals surface area contributed by atoms with Gasteiger partial charge in [-0.05, 0) is 23.6 Å². The van der Waals surface area contributed by atoms with E-state index in [1.807, 2.05) is 18.2 Å². The summed E-state index contributed by atoms with van der Waals surface area (Å²) in [6.45, 7) is 1.26. The minimum absolute atomic E-state index is 0.0377. The van der Waals surface area contributed by atoms with Gasteiger partial charge in [0.15, 0.2) is 0 Å². The molecule has 19 heavy (non-hydrogen) atoms. The van der Waals surface area contributed by atoms with Gasteiger partial charge in [-0.15, -0.1) is 0 Å². The van der Waals surface area contributed by atoms with Gasteiger partial charge in [-0.25, -0.2) is 0 Å². The number of carbonyl (C=O) groups is 1. The molecule has 3 rings (SSSR count). The highest BCUT2D eigenvalue weighted by atomic mass is 16.3. The van der Waals surface area contributed by atoms with Crippen molar-refractivity contribution in [2.45, 2.75) is 25.6 Å². The van der Waals surface area contributed by atoms with Gasteiger partial charge in [0.25, 0.3) is 0 Å². The molecule has 1 aliphatic heterocycles. The SMILES string of the molecule is O=C(NCc1ccoc1)C1Cc2ccccc2CN1. The molecule has 0 bridgehead atoms. The summed E-state index contributed by atoms with van der Waals surface area (Å²) in [6.07, 6.45) is 3.99. The first-order valence-corrected chi connectivity index (χ1v) is 6.42. The van der Waals surface area contributed by atoms with Gasteiger partial charge >= 0.3 is 0 Å². The molecular formula is C15H16N2O2. The van der Waals surface area contributed by atoms with E-state index in [-0.39, 0.29) is 11.9 Å². The molecule has 0 saturated heterocycles. The van der Waals surface area contributed by atoms with Crippen molar-refractivity contribution in [2.24, 2.45) is 0 Å². The topological polar surface area (TPSA) is 54.3 Å². The molecule has 1 unspecified atom stereocenters. The highest BCUT2D eigenvalue weighted by molar-refractivity contribution is 5.82. The lowest BCUT2D eigenvalue weighted by atomic mass is 9.95. The van der Waals surface area contributed by atoms with Crippen molar-refractivity contribution in [1.82, 2.24) is 10.6 Å². The van der Waals surface area contributed by atoms with Crippen LogP contribution in [0.2, 0.25) is 0 Å². The summed E-state index contributed by atoms with van der Waals surface area (Å²) in [4.78, 5) is 12.1. The Morgan fingerprint density at radius 3 is 2.95 bits per heavy atom. The Balaban J connectivity index is 1.60. The fourth-order valence-corrected chi connectivity index (χ4v) is 2.35. The standard InChI is InChI=1S/C15H16N2O2/c18-15(17-8-11-5-6-19-10-11)14-7-12-3-1-2-4-13(12)9-16-14/h1-6,10,14,16H,7-9H2,(H,17,18). The summed E-state index contributed by atoms with van der Waals surface area (Å²) in [7, 11) is 0. The Morgan fingerprint density at radius 1 is 1.32 bits per heavy atom. The van der Waals surface area contributed by atoms with Gasteiger partial charge in [0.05, 0.1) is 18.6 Å². The molecular weight excluding hydrogens is 240 g/mol. The van der Waals surface area contributed by atoms with E-state index in [2.05, 4.69) is 22.8 Å². The summed E-state index contributed by atoms with van der Waals surface area (Å²) < 4.78 is 4.97. The Hall–Kier alpha value is -2.07. The number of hydrogen-bond donors (Lipinski definition) is 2. The van der Waals surface area contributed by atoms with Crippen LogP contribution in [-0.2, 0) is 24.3 Å². The molecule has 1 amide bonds. The van der Waals surface area contributed by atoms with Crippen LogP contribution in [0.5, 0.6) is 0 Å². The minimum Gasteiger partial charge on any atom is -0.472 e. The molecule has 0 radical (unpaired) electrons. The van der Waals surface area contributed by atoms with Gasteiger partial charge in [0.1, 0.15) is 0 Å². The van der Waals surface area contributed by atoms with Crippen LogP contribution < -0.4 is 10.6 Å². The molecule has 0 aliphatic carbocycles. The molecule has 0 fully saturated rings. The van der Waals surface area contributed by atoms with Crippen molar-refractivity contribution in [2.75, 3.05) is 0 Å². The lowest BCUT2D eigenvalue weighted by Gasteiger charge is -2.25. The molecule has 0 saturated carbocycles. The van der Waals surface area contributed by atoms with Crippen molar-refractivity contribution in [1.29, 1.82) is 0 Å². The van der Waals surface area contributed by atoms with Crippen LogP contribution >= 0.6 is 0 Å². The van der Waals surface area contributed by atoms with Crippen LogP contribution in [-0.4, -0.2) is 11.9 Å². The van der Waals surface area contributed by atoms with Gasteiger partial charge in [0, 0.05) is 18.7 Å². The maximum absolute atomic E-state index is 12.1. The number of amides is 1. The first-order valence-electron chi connectivity index (χ1n) is 6.42. The van der Waals surface area contributed by atoms with Crippen molar-refractivity contribution >= 4 is 5.91 Å². The second-order valence-corrected chi connectivity index (χ2v) is 4.76. The molecule has 2 aromatic rings. The zero-order valence-corrected chi connectivity index (χ0v) is 10.6. The van der Waals surface area contributed by atoms with Gasteiger partial charge in [-0.1, -0.05) is 24.3 Å². The fourth-order valence-electron chi connectivity index (χ4n) is 2.35. The highest BCUT2D eigenvalue weighted by Gasteiger charge is 2.23. The third-order valence-corrected chi connectivity index (χ3v) is 3.44. The molecule has 2 heterocycles. The summed E-state index contributed by atoms with van der Waals surface area (Å²) in [5.41, 5.74) is 3.51. The van der Waals surface area contributed by atoms with Crippen LogP contribution in [0.4, 0.5) is 0 Å². The third-order valence-electron chi connectivity index (χ3n) is 3.44. The number of hydrogen-bond acceptors (Lipinski definition) is 3. The van der Waals surface area contributed by atoms with E-state index in [1.165, 1.54) is 11.1 Å². The Morgan fingerprint density at radius 2 is 2.16 bits per heavy atom. The van der Waals surface area contributed by atoms with E-state index in [4.69, 9.17) is 4.42 Å². The second kappa shape index (κ2) is 5.28. The van der Waals surface area contributed by atoms with Crippen molar-refractivity contribution in [3.05, 3.63) is 59.5 Å². The summed E-state index contributed by atoms with van der Waals surface area (Å²) >= 11 is 0. The third kappa shape index (κ3) is 2.69.